The Morgan fingerprint density at radius 1 is 1.21 bits per heavy atom. The van der Waals surface area contributed by atoms with E-state index >= 15 is 0 Å². The molecule has 4 nitrogen and oxygen atoms in total. The van der Waals surface area contributed by atoms with E-state index in [2.05, 4.69) is 5.48 Å². The number of hydrogen-bond acceptors (Lipinski definition) is 3. The van der Waals surface area contributed by atoms with Crippen LogP contribution in [0.1, 0.15) is 44.1 Å². The van der Waals surface area contributed by atoms with Gasteiger partial charge in [0, 0.05) is 12.0 Å². The zero-order valence-corrected chi connectivity index (χ0v) is 11.2. The van der Waals surface area contributed by atoms with Gasteiger partial charge in [0.2, 0.25) is 5.91 Å². The molecule has 1 fully saturated rings. The van der Waals surface area contributed by atoms with Crippen molar-refractivity contribution in [3.05, 3.63) is 35.9 Å². The van der Waals surface area contributed by atoms with E-state index in [1.807, 2.05) is 30.3 Å². The fourth-order valence-corrected chi connectivity index (χ4v) is 2.56. The highest BCUT2D eigenvalue weighted by molar-refractivity contribution is 5.76. The third kappa shape index (κ3) is 4.65. The monoisotopic (exact) mass is 262 g/mol. The molecule has 0 aromatic heterocycles. The average molecular weight is 262 g/mol. The van der Waals surface area contributed by atoms with Crippen LogP contribution in [0.4, 0.5) is 0 Å². The molecule has 1 saturated carbocycles. The average Bonchev–Trinajstić information content (AvgIpc) is 2.40. The SMILES string of the molecule is NC1(CC(=O)NOCc2ccccc2)CCCCC1. The Hall–Kier alpha value is -1.39. The number of amides is 1. The first-order valence-corrected chi connectivity index (χ1v) is 6.91. The van der Waals surface area contributed by atoms with Gasteiger partial charge in [-0.25, -0.2) is 5.48 Å². The maximum Gasteiger partial charge on any atom is 0.245 e. The number of benzene rings is 1. The molecule has 1 aromatic carbocycles. The Kier molecular flexibility index (Phi) is 4.93. The van der Waals surface area contributed by atoms with Crippen LogP contribution >= 0.6 is 0 Å². The Balaban J connectivity index is 1.70. The molecule has 19 heavy (non-hydrogen) atoms. The molecular weight excluding hydrogens is 240 g/mol. The molecule has 0 spiro atoms. The summed E-state index contributed by atoms with van der Waals surface area (Å²) < 4.78 is 0. The van der Waals surface area contributed by atoms with Crippen molar-refractivity contribution in [1.29, 1.82) is 0 Å². The summed E-state index contributed by atoms with van der Waals surface area (Å²) in [7, 11) is 0. The molecule has 0 unspecified atom stereocenters. The molecule has 0 bridgehead atoms. The molecule has 0 radical (unpaired) electrons. The third-order valence-corrected chi connectivity index (χ3v) is 3.63. The standard InChI is InChI=1S/C15H22N2O2/c16-15(9-5-2-6-10-15)11-14(18)17-19-12-13-7-3-1-4-8-13/h1,3-4,7-8H,2,5-6,9-12,16H2,(H,17,18). The van der Waals surface area contributed by atoms with Crippen LogP contribution in [0.15, 0.2) is 30.3 Å². The first kappa shape index (κ1) is 14.0. The van der Waals surface area contributed by atoms with Crippen molar-refractivity contribution >= 4 is 5.91 Å². The maximum absolute atomic E-state index is 11.8. The summed E-state index contributed by atoms with van der Waals surface area (Å²) in [6.07, 6.45) is 5.67. The molecule has 1 aliphatic carbocycles. The molecule has 0 heterocycles. The Labute approximate surface area is 114 Å². The van der Waals surface area contributed by atoms with Crippen molar-refractivity contribution in [3.63, 3.8) is 0 Å². The molecule has 1 aromatic rings. The van der Waals surface area contributed by atoms with Crippen LogP contribution in [0, 0.1) is 0 Å². The minimum absolute atomic E-state index is 0.125. The van der Waals surface area contributed by atoms with Gasteiger partial charge in [0.15, 0.2) is 0 Å². The highest BCUT2D eigenvalue weighted by atomic mass is 16.6. The Morgan fingerprint density at radius 2 is 1.89 bits per heavy atom. The van der Waals surface area contributed by atoms with E-state index in [4.69, 9.17) is 10.6 Å². The van der Waals surface area contributed by atoms with Gasteiger partial charge < -0.3 is 5.73 Å². The summed E-state index contributed by atoms with van der Waals surface area (Å²) in [5, 5.41) is 0. The third-order valence-electron chi connectivity index (χ3n) is 3.63. The number of carbonyl (C=O) groups is 1. The lowest BCUT2D eigenvalue weighted by Crippen LogP contribution is -2.45. The van der Waals surface area contributed by atoms with Crippen LogP contribution < -0.4 is 11.2 Å². The van der Waals surface area contributed by atoms with Gasteiger partial charge in [-0.05, 0) is 18.4 Å². The molecular formula is C15H22N2O2. The zero-order chi connectivity index (χ0) is 13.6. The Morgan fingerprint density at radius 3 is 2.58 bits per heavy atom. The molecule has 0 aliphatic heterocycles. The quantitative estimate of drug-likeness (QED) is 0.800. The second-order valence-corrected chi connectivity index (χ2v) is 5.40. The Bertz CT molecular complexity index is 400. The number of rotatable bonds is 5. The van der Waals surface area contributed by atoms with Gasteiger partial charge in [0.05, 0.1) is 6.61 Å². The van der Waals surface area contributed by atoms with Crippen molar-refractivity contribution in [2.75, 3.05) is 0 Å². The van der Waals surface area contributed by atoms with E-state index in [-0.39, 0.29) is 11.4 Å². The van der Waals surface area contributed by atoms with Gasteiger partial charge in [-0.15, -0.1) is 0 Å². The molecule has 0 saturated heterocycles. The van der Waals surface area contributed by atoms with Crippen LogP contribution in [-0.4, -0.2) is 11.4 Å². The fourth-order valence-electron chi connectivity index (χ4n) is 2.56. The van der Waals surface area contributed by atoms with Crippen LogP contribution in [-0.2, 0) is 16.2 Å². The summed E-state index contributed by atoms with van der Waals surface area (Å²) in [5.41, 5.74) is 9.41. The lowest BCUT2D eigenvalue weighted by molar-refractivity contribution is -0.136. The molecule has 2 rings (SSSR count). The van der Waals surface area contributed by atoms with Crippen LogP contribution in [0.3, 0.4) is 0 Å². The maximum atomic E-state index is 11.8. The van der Waals surface area contributed by atoms with E-state index in [1.165, 1.54) is 6.42 Å². The lowest BCUT2D eigenvalue weighted by atomic mass is 9.80. The summed E-state index contributed by atoms with van der Waals surface area (Å²) in [6, 6.07) is 9.74. The number of hydroxylamine groups is 1. The van der Waals surface area contributed by atoms with E-state index in [0.29, 0.717) is 13.0 Å². The van der Waals surface area contributed by atoms with E-state index in [0.717, 1.165) is 31.2 Å². The zero-order valence-electron chi connectivity index (χ0n) is 11.2. The van der Waals surface area contributed by atoms with Gasteiger partial charge in [0.1, 0.15) is 0 Å². The second-order valence-electron chi connectivity index (χ2n) is 5.40. The van der Waals surface area contributed by atoms with Crippen LogP contribution in [0.5, 0.6) is 0 Å². The van der Waals surface area contributed by atoms with Gasteiger partial charge in [-0.3, -0.25) is 9.63 Å². The summed E-state index contributed by atoms with van der Waals surface area (Å²) >= 11 is 0. The van der Waals surface area contributed by atoms with Crippen LogP contribution in [0.25, 0.3) is 0 Å². The van der Waals surface area contributed by atoms with Gasteiger partial charge in [-0.2, -0.15) is 0 Å². The smallest absolute Gasteiger partial charge is 0.245 e. The number of carbonyl (C=O) groups excluding carboxylic acids is 1. The van der Waals surface area contributed by atoms with E-state index < -0.39 is 0 Å². The predicted octanol–water partition coefficient (Wildman–Crippen LogP) is 2.29. The highest BCUT2D eigenvalue weighted by Gasteiger charge is 2.29. The number of nitrogens with two attached hydrogens (primary N) is 1. The molecule has 1 aliphatic rings. The predicted molar refractivity (Wildman–Crippen MR) is 74.0 cm³/mol. The summed E-state index contributed by atoms with van der Waals surface area (Å²) in [4.78, 5) is 17.0. The molecule has 0 atom stereocenters. The van der Waals surface area contributed by atoms with Crippen molar-refractivity contribution in [2.45, 2.75) is 50.7 Å². The number of hydrogen-bond donors (Lipinski definition) is 2. The van der Waals surface area contributed by atoms with E-state index in [9.17, 15) is 4.79 Å². The number of nitrogens with one attached hydrogen (secondary N) is 1. The lowest BCUT2D eigenvalue weighted by Gasteiger charge is -2.32. The molecule has 3 N–H and O–H groups in total. The van der Waals surface area contributed by atoms with Gasteiger partial charge in [0.25, 0.3) is 0 Å². The first-order valence-electron chi connectivity index (χ1n) is 6.91. The topological polar surface area (TPSA) is 64.4 Å². The van der Waals surface area contributed by atoms with Crippen molar-refractivity contribution in [1.82, 2.24) is 5.48 Å². The minimum atomic E-state index is -0.335. The summed E-state index contributed by atoms with van der Waals surface area (Å²) in [6.45, 7) is 0.379. The van der Waals surface area contributed by atoms with Gasteiger partial charge >= 0.3 is 0 Å². The van der Waals surface area contributed by atoms with E-state index in [1.54, 1.807) is 0 Å². The summed E-state index contributed by atoms with van der Waals surface area (Å²) in [5.74, 6) is -0.125. The highest BCUT2D eigenvalue weighted by Crippen LogP contribution is 2.28. The molecule has 1 amide bonds. The molecule has 104 valence electrons. The fraction of sp³-hybridized carbons (Fsp3) is 0.533. The largest absolute Gasteiger partial charge is 0.325 e. The van der Waals surface area contributed by atoms with Crippen molar-refractivity contribution < 1.29 is 9.63 Å². The van der Waals surface area contributed by atoms with Crippen molar-refractivity contribution in [2.24, 2.45) is 5.73 Å². The normalized spacial score (nSPS) is 17.9. The van der Waals surface area contributed by atoms with Crippen LogP contribution in [0.2, 0.25) is 0 Å². The van der Waals surface area contributed by atoms with Crippen molar-refractivity contribution in [3.8, 4) is 0 Å². The molecule has 4 heteroatoms. The minimum Gasteiger partial charge on any atom is -0.325 e. The second kappa shape index (κ2) is 6.68. The van der Waals surface area contributed by atoms with Gasteiger partial charge in [-0.1, -0.05) is 49.6 Å². The first-order chi connectivity index (χ1) is 9.18.